The van der Waals surface area contributed by atoms with E-state index in [1.807, 2.05) is 0 Å². The number of primary amides is 1. The van der Waals surface area contributed by atoms with Crippen LogP contribution in [0.25, 0.3) is 0 Å². The largest absolute Gasteiger partial charge is 0.366 e. The molecule has 4 amide bonds. The molecule has 0 atom stereocenters. The first-order valence-electron chi connectivity index (χ1n) is 10.5. The third-order valence-electron chi connectivity index (χ3n) is 5.70. The van der Waals surface area contributed by atoms with Gasteiger partial charge in [0.25, 0.3) is 5.91 Å². The van der Waals surface area contributed by atoms with Gasteiger partial charge in [-0.15, -0.1) is 11.3 Å². The molecule has 1 aliphatic carbocycles. The number of rotatable bonds is 7. The fourth-order valence-corrected chi connectivity index (χ4v) is 4.82. The molecule has 29 heavy (non-hydrogen) atoms. The fraction of sp³-hybridized carbons (Fsp3) is 0.650. The molecule has 1 saturated heterocycles. The lowest BCUT2D eigenvalue weighted by Gasteiger charge is -2.32. The van der Waals surface area contributed by atoms with E-state index < -0.39 is 5.91 Å². The van der Waals surface area contributed by atoms with E-state index in [4.69, 9.17) is 5.73 Å². The molecule has 2 heterocycles. The molecule has 1 aliphatic heterocycles. The van der Waals surface area contributed by atoms with Crippen LogP contribution in [0.4, 0.5) is 9.80 Å². The quantitative estimate of drug-likeness (QED) is 0.540. The van der Waals surface area contributed by atoms with Gasteiger partial charge in [-0.05, 0) is 37.1 Å². The van der Waals surface area contributed by atoms with Crippen LogP contribution >= 0.6 is 11.3 Å². The van der Waals surface area contributed by atoms with Gasteiger partial charge in [-0.1, -0.05) is 19.3 Å². The number of anilines is 1. The van der Waals surface area contributed by atoms with Crippen molar-refractivity contribution in [2.24, 2.45) is 5.73 Å². The average Bonchev–Trinajstić information content (AvgIpc) is 3.16. The Morgan fingerprint density at radius 1 is 1.03 bits per heavy atom. The molecule has 0 unspecified atom stereocenters. The third-order valence-corrected chi connectivity index (χ3v) is 6.53. The highest BCUT2D eigenvalue weighted by molar-refractivity contribution is 7.14. The second-order valence-corrected chi connectivity index (χ2v) is 8.81. The number of hydrogen-bond acceptors (Lipinski definition) is 5. The topological polar surface area (TPSA) is 117 Å². The molecule has 1 saturated carbocycles. The van der Waals surface area contributed by atoms with Gasteiger partial charge in [0.2, 0.25) is 5.91 Å². The minimum absolute atomic E-state index is 0.0454. The summed E-state index contributed by atoms with van der Waals surface area (Å²) < 4.78 is 0. The number of hydrogen-bond donors (Lipinski definition) is 4. The molecule has 8 nitrogen and oxygen atoms in total. The standard InChI is InChI=1S/C20H31N5O3S/c21-18(27)16-9-13-29-19(16)24-17(26)8-12-25-10-6-15(7-11-25)23-20(28)22-14-4-2-1-3-5-14/h9,13-15H,1-8,10-12H2,(H2,21,27)(H,24,26)(H2,22,23,28). The second kappa shape index (κ2) is 10.6. The maximum atomic E-state index is 12.2. The number of thiophene rings is 1. The zero-order valence-corrected chi connectivity index (χ0v) is 17.6. The number of urea groups is 1. The van der Waals surface area contributed by atoms with E-state index in [0.29, 0.717) is 29.6 Å². The Balaban J connectivity index is 1.32. The summed E-state index contributed by atoms with van der Waals surface area (Å²) >= 11 is 1.29. The third kappa shape index (κ3) is 6.71. The van der Waals surface area contributed by atoms with E-state index in [-0.39, 0.29) is 18.0 Å². The number of likely N-dealkylation sites (tertiary alicyclic amines) is 1. The van der Waals surface area contributed by atoms with Crippen molar-refractivity contribution in [2.45, 2.75) is 63.5 Å². The lowest BCUT2D eigenvalue weighted by molar-refractivity contribution is -0.116. The number of nitrogens with zero attached hydrogens (tertiary/aromatic N) is 1. The highest BCUT2D eigenvalue weighted by atomic mass is 32.1. The summed E-state index contributed by atoms with van der Waals surface area (Å²) in [5.74, 6) is -0.661. The lowest BCUT2D eigenvalue weighted by atomic mass is 9.96. The van der Waals surface area contributed by atoms with Crippen LogP contribution in [0.2, 0.25) is 0 Å². The Labute approximate surface area is 175 Å². The SMILES string of the molecule is NC(=O)c1ccsc1NC(=O)CCN1CCC(NC(=O)NC2CCCCC2)CC1. The molecule has 0 radical (unpaired) electrons. The van der Waals surface area contributed by atoms with E-state index in [1.165, 1.54) is 30.6 Å². The van der Waals surface area contributed by atoms with Gasteiger partial charge in [-0.2, -0.15) is 0 Å². The van der Waals surface area contributed by atoms with Crippen LogP contribution < -0.4 is 21.7 Å². The van der Waals surface area contributed by atoms with Crippen LogP contribution in [0.1, 0.15) is 61.7 Å². The van der Waals surface area contributed by atoms with Crippen molar-refractivity contribution in [1.29, 1.82) is 0 Å². The first-order valence-corrected chi connectivity index (χ1v) is 11.4. The summed E-state index contributed by atoms with van der Waals surface area (Å²) in [6.07, 6.45) is 7.97. The van der Waals surface area contributed by atoms with E-state index >= 15 is 0 Å². The summed E-state index contributed by atoms with van der Waals surface area (Å²) in [5.41, 5.74) is 5.65. The summed E-state index contributed by atoms with van der Waals surface area (Å²) in [5, 5.41) is 11.2. The first kappa shape index (κ1) is 21.6. The summed E-state index contributed by atoms with van der Waals surface area (Å²) in [7, 11) is 0. The van der Waals surface area contributed by atoms with Gasteiger partial charge >= 0.3 is 6.03 Å². The van der Waals surface area contributed by atoms with Crippen LogP contribution in [0.3, 0.4) is 0 Å². The van der Waals surface area contributed by atoms with Crippen LogP contribution in [-0.2, 0) is 4.79 Å². The second-order valence-electron chi connectivity index (χ2n) is 7.89. The molecule has 5 N–H and O–H groups in total. The van der Waals surface area contributed by atoms with Crippen molar-refractivity contribution < 1.29 is 14.4 Å². The van der Waals surface area contributed by atoms with Gasteiger partial charge in [-0.25, -0.2) is 4.79 Å². The highest BCUT2D eigenvalue weighted by Crippen LogP contribution is 2.23. The average molecular weight is 422 g/mol. The van der Waals surface area contributed by atoms with Gasteiger partial charge in [0.05, 0.1) is 5.56 Å². The molecule has 0 bridgehead atoms. The molecular formula is C20H31N5O3S. The van der Waals surface area contributed by atoms with Gasteiger partial charge in [-0.3, -0.25) is 9.59 Å². The first-order chi connectivity index (χ1) is 14.0. The van der Waals surface area contributed by atoms with E-state index in [1.54, 1.807) is 11.4 Å². The summed E-state index contributed by atoms with van der Waals surface area (Å²) in [6.45, 7) is 2.37. The Morgan fingerprint density at radius 2 is 1.69 bits per heavy atom. The van der Waals surface area contributed by atoms with Gasteiger partial charge in [0.1, 0.15) is 5.00 Å². The molecule has 3 rings (SSSR count). The lowest BCUT2D eigenvalue weighted by Crippen LogP contribution is -2.50. The molecule has 1 aromatic heterocycles. The molecule has 0 spiro atoms. The van der Waals surface area contributed by atoms with Crippen molar-refractivity contribution >= 4 is 34.2 Å². The Kier molecular flexibility index (Phi) is 7.88. The number of nitrogens with one attached hydrogen (secondary N) is 3. The molecule has 1 aromatic rings. The maximum absolute atomic E-state index is 12.2. The molecule has 9 heteroatoms. The predicted octanol–water partition coefficient (Wildman–Crippen LogP) is 2.27. The summed E-state index contributed by atoms with van der Waals surface area (Å²) in [6, 6.07) is 2.08. The van der Waals surface area contributed by atoms with Crippen LogP contribution in [0.15, 0.2) is 11.4 Å². The summed E-state index contributed by atoms with van der Waals surface area (Å²) in [4.78, 5) is 37.9. The number of nitrogens with two attached hydrogens (primary N) is 1. The molecular weight excluding hydrogens is 390 g/mol. The van der Waals surface area contributed by atoms with Crippen LogP contribution in [0.5, 0.6) is 0 Å². The Hall–Kier alpha value is -2.13. The predicted molar refractivity (Wildman–Crippen MR) is 114 cm³/mol. The van der Waals surface area contributed by atoms with Crippen molar-refractivity contribution in [1.82, 2.24) is 15.5 Å². The Bertz CT molecular complexity index is 709. The van der Waals surface area contributed by atoms with E-state index in [0.717, 1.165) is 38.8 Å². The number of carbonyl (C=O) groups is 3. The van der Waals surface area contributed by atoms with Crippen molar-refractivity contribution in [3.05, 3.63) is 17.0 Å². The Morgan fingerprint density at radius 3 is 2.34 bits per heavy atom. The zero-order chi connectivity index (χ0) is 20.6. The number of carbonyl (C=O) groups excluding carboxylic acids is 3. The normalized spacial score (nSPS) is 18.9. The van der Waals surface area contributed by atoms with Crippen LogP contribution in [0, 0.1) is 0 Å². The van der Waals surface area contributed by atoms with Crippen molar-refractivity contribution in [3.63, 3.8) is 0 Å². The highest BCUT2D eigenvalue weighted by Gasteiger charge is 2.23. The smallest absolute Gasteiger partial charge is 0.315 e. The monoisotopic (exact) mass is 421 g/mol. The van der Waals surface area contributed by atoms with Crippen molar-refractivity contribution in [3.8, 4) is 0 Å². The number of piperidine rings is 1. The van der Waals surface area contributed by atoms with Crippen molar-refractivity contribution in [2.75, 3.05) is 25.0 Å². The molecule has 2 aliphatic rings. The van der Waals surface area contributed by atoms with E-state index in [9.17, 15) is 14.4 Å². The molecule has 0 aromatic carbocycles. The minimum Gasteiger partial charge on any atom is -0.366 e. The van der Waals surface area contributed by atoms with Gasteiger partial charge in [0, 0.05) is 38.1 Å². The van der Waals surface area contributed by atoms with Gasteiger partial charge in [0.15, 0.2) is 0 Å². The zero-order valence-electron chi connectivity index (χ0n) is 16.7. The maximum Gasteiger partial charge on any atom is 0.315 e. The van der Waals surface area contributed by atoms with Gasteiger partial charge < -0.3 is 26.6 Å². The fourth-order valence-electron chi connectivity index (χ4n) is 4.01. The number of amides is 4. The van der Waals surface area contributed by atoms with E-state index in [2.05, 4.69) is 20.9 Å². The minimum atomic E-state index is -0.538. The molecule has 160 valence electrons. The van der Waals surface area contributed by atoms with Crippen LogP contribution in [-0.4, -0.2) is 54.5 Å². The molecule has 2 fully saturated rings.